The Labute approximate surface area is 104 Å². The van der Waals surface area contributed by atoms with Crippen LogP contribution in [0.1, 0.15) is 16.8 Å². The van der Waals surface area contributed by atoms with Crippen molar-refractivity contribution >= 4 is 28.3 Å². The minimum absolute atomic E-state index is 0.00650. The van der Waals surface area contributed by atoms with E-state index in [1.165, 1.54) is 0 Å². The number of carbonyl (C=O) groups excluding carboxylic acids is 1. The molecule has 1 atom stereocenters. The van der Waals surface area contributed by atoms with Gasteiger partial charge in [0.05, 0.1) is 6.61 Å². The van der Waals surface area contributed by atoms with Gasteiger partial charge >= 0.3 is 0 Å². The molecule has 0 bridgehead atoms. The zero-order valence-corrected chi connectivity index (χ0v) is 9.96. The Morgan fingerprint density at radius 3 is 3.12 bits per heavy atom. The Hall–Kier alpha value is -1.32. The van der Waals surface area contributed by atoms with Crippen LogP contribution in [0.4, 0.5) is 0 Å². The van der Waals surface area contributed by atoms with Gasteiger partial charge in [-0.3, -0.25) is 4.79 Å². The van der Waals surface area contributed by atoms with Gasteiger partial charge in [0, 0.05) is 40.2 Å². The molecule has 4 heteroatoms. The van der Waals surface area contributed by atoms with Crippen LogP contribution in [0.25, 0.3) is 10.9 Å². The first-order valence-electron chi connectivity index (χ1n) is 5.64. The largest absolute Gasteiger partial charge is 0.381 e. The quantitative estimate of drug-likeness (QED) is 0.832. The Morgan fingerprint density at radius 1 is 1.47 bits per heavy atom. The van der Waals surface area contributed by atoms with Crippen LogP contribution in [0.2, 0.25) is 5.02 Å². The van der Waals surface area contributed by atoms with Crippen LogP contribution in [0.5, 0.6) is 0 Å². The molecule has 3 rings (SSSR count). The maximum atomic E-state index is 12.3. The number of fused-ring (bicyclic) bond motifs is 1. The predicted molar refractivity (Wildman–Crippen MR) is 66.6 cm³/mol. The first-order chi connectivity index (χ1) is 8.25. The molecule has 1 N–H and O–H groups in total. The van der Waals surface area contributed by atoms with E-state index < -0.39 is 0 Å². The third kappa shape index (κ3) is 1.85. The lowest BCUT2D eigenvalue weighted by molar-refractivity contribution is 0.0902. The van der Waals surface area contributed by atoms with Crippen molar-refractivity contribution in [2.24, 2.45) is 5.92 Å². The van der Waals surface area contributed by atoms with Crippen molar-refractivity contribution in [3.8, 4) is 0 Å². The molecule has 1 unspecified atom stereocenters. The van der Waals surface area contributed by atoms with Crippen LogP contribution in [0.15, 0.2) is 24.4 Å². The van der Waals surface area contributed by atoms with E-state index in [1.807, 2.05) is 18.2 Å². The van der Waals surface area contributed by atoms with Gasteiger partial charge in [-0.25, -0.2) is 0 Å². The summed E-state index contributed by atoms with van der Waals surface area (Å²) in [5.41, 5.74) is 1.66. The number of ketones is 1. The fraction of sp³-hybridized carbons (Fsp3) is 0.308. The van der Waals surface area contributed by atoms with Gasteiger partial charge in [0.2, 0.25) is 0 Å². The zero-order chi connectivity index (χ0) is 11.8. The van der Waals surface area contributed by atoms with Crippen molar-refractivity contribution in [3.05, 3.63) is 35.0 Å². The molecule has 1 fully saturated rings. The number of nitrogens with one attached hydrogen (secondary N) is 1. The number of H-pyrrole nitrogens is 1. The van der Waals surface area contributed by atoms with E-state index in [1.54, 1.807) is 6.20 Å². The summed E-state index contributed by atoms with van der Waals surface area (Å²) in [4.78, 5) is 15.4. The standard InChI is InChI=1S/C13H12ClNO2/c14-9-1-2-12-10(5-9)11(6-15-12)13(16)8-3-4-17-7-8/h1-2,5-6,8,15H,3-4,7H2. The molecule has 17 heavy (non-hydrogen) atoms. The molecule has 1 aliphatic heterocycles. The highest BCUT2D eigenvalue weighted by Crippen LogP contribution is 2.26. The molecule has 3 nitrogen and oxygen atoms in total. The lowest BCUT2D eigenvalue weighted by atomic mass is 9.97. The van der Waals surface area contributed by atoms with Crippen molar-refractivity contribution in [3.63, 3.8) is 0 Å². The fourth-order valence-electron chi connectivity index (χ4n) is 2.26. The van der Waals surface area contributed by atoms with E-state index in [9.17, 15) is 4.79 Å². The molecule has 2 aromatic rings. The van der Waals surface area contributed by atoms with Crippen molar-refractivity contribution < 1.29 is 9.53 Å². The molecule has 0 spiro atoms. The average Bonchev–Trinajstić information content (AvgIpc) is 2.97. The molecular weight excluding hydrogens is 238 g/mol. The van der Waals surface area contributed by atoms with Crippen LogP contribution in [-0.2, 0) is 4.74 Å². The Morgan fingerprint density at radius 2 is 2.35 bits per heavy atom. The molecular formula is C13H12ClNO2. The Kier molecular flexibility index (Phi) is 2.65. The monoisotopic (exact) mass is 249 g/mol. The SMILES string of the molecule is O=C(c1c[nH]c2ccc(Cl)cc12)C1CCOC1. The van der Waals surface area contributed by atoms with Gasteiger partial charge in [-0.05, 0) is 24.6 Å². The number of carbonyl (C=O) groups is 1. The summed E-state index contributed by atoms with van der Waals surface area (Å²) in [6, 6.07) is 5.53. The highest BCUT2D eigenvalue weighted by molar-refractivity contribution is 6.31. The van der Waals surface area contributed by atoms with E-state index in [-0.39, 0.29) is 11.7 Å². The number of halogens is 1. The summed E-state index contributed by atoms with van der Waals surface area (Å²) in [6.07, 6.45) is 2.58. The summed E-state index contributed by atoms with van der Waals surface area (Å²) in [5, 5.41) is 1.54. The van der Waals surface area contributed by atoms with Crippen LogP contribution >= 0.6 is 11.6 Å². The highest BCUT2D eigenvalue weighted by atomic mass is 35.5. The van der Waals surface area contributed by atoms with Crippen molar-refractivity contribution in [1.29, 1.82) is 0 Å². The number of rotatable bonds is 2. The van der Waals surface area contributed by atoms with E-state index in [4.69, 9.17) is 16.3 Å². The maximum absolute atomic E-state index is 12.3. The third-order valence-corrected chi connectivity index (χ3v) is 3.44. The number of benzene rings is 1. The predicted octanol–water partition coefficient (Wildman–Crippen LogP) is 3.04. The van der Waals surface area contributed by atoms with E-state index >= 15 is 0 Å². The topological polar surface area (TPSA) is 42.1 Å². The molecule has 1 aromatic heterocycles. The second-order valence-electron chi connectivity index (χ2n) is 4.32. The number of hydrogen-bond acceptors (Lipinski definition) is 2. The highest BCUT2D eigenvalue weighted by Gasteiger charge is 2.26. The summed E-state index contributed by atoms with van der Waals surface area (Å²) in [6.45, 7) is 1.21. The van der Waals surface area contributed by atoms with Crippen LogP contribution in [0, 0.1) is 5.92 Å². The molecule has 0 aliphatic carbocycles. The van der Waals surface area contributed by atoms with Gasteiger partial charge in [0.1, 0.15) is 0 Å². The molecule has 0 radical (unpaired) electrons. The number of aromatic nitrogens is 1. The van der Waals surface area contributed by atoms with Crippen molar-refractivity contribution in [1.82, 2.24) is 4.98 Å². The van der Waals surface area contributed by atoms with Crippen LogP contribution in [-0.4, -0.2) is 24.0 Å². The Bertz CT molecular complexity index is 570. The van der Waals surface area contributed by atoms with E-state index in [0.717, 1.165) is 22.9 Å². The second-order valence-corrected chi connectivity index (χ2v) is 4.75. The third-order valence-electron chi connectivity index (χ3n) is 3.21. The number of ether oxygens (including phenoxy) is 1. The molecule has 1 aliphatic rings. The molecule has 2 heterocycles. The lowest BCUT2D eigenvalue weighted by Gasteiger charge is -2.05. The average molecular weight is 250 g/mol. The van der Waals surface area contributed by atoms with Crippen LogP contribution in [0.3, 0.4) is 0 Å². The fourth-order valence-corrected chi connectivity index (χ4v) is 2.43. The van der Waals surface area contributed by atoms with Crippen LogP contribution < -0.4 is 0 Å². The first kappa shape index (κ1) is 10.8. The van der Waals surface area contributed by atoms with Crippen molar-refractivity contribution in [2.75, 3.05) is 13.2 Å². The molecule has 1 aromatic carbocycles. The van der Waals surface area contributed by atoms with Gasteiger partial charge in [0.15, 0.2) is 5.78 Å². The van der Waals surface area contributed by atoms with Gasteiger partial charge in [-0.1, -0.05) is 11.6 Å². The van der Waals surface area contributed by atoms with Gasteiger partial charge in [-0.15, -0.1) is 0 Å². The molecule has 1 saturated heterocycles. The first-order valence-corrected chi connectivity index (χ1v) is 6.02. The van der Waals surface area contributed by atoms with Gasteiger partial charge in [0.25, 0.3) is 0 Å². The number of hydrogen-bond donors (Lipinski definition) is 1. The molecule has 0 amide bonds. The molecule has 0 saturated carbocycles. The zero-order valence-electron chi connectivity index (χ0n) is 9.20. The summed E-state index contributed by atoms with van der Waals surface area (Å²) < 4.78 is 5.25. The summed E-state index contributed by atoms with van der Waals surface area (Å²) in [7, 11) is 0. The minimum atomic E-state index is -0.00650. The van der Waals surface area contributed by atoms with Gasteiger partial charge < -0.3 is 9.72 Å². The Balaban J connectivity index is 2.04. The van der Waals surface area contributed by atoms with E-state index in [0.29, 0.717) is 18.2 Å². The minimum Gasteiger partial charge on any atom is -0.381 e. The van der Waals surface area contributed by atoms with E-state index in [2.05, 4.69) is 4.98 Å². The number of aromatic amines is 1. The number of Topliss-reactive ketones (excluding diaryl/α,β-unsaturated/α-hetero) is 1. The lowest BCUT2D eigenvalue weighted by Crippen LogP contribution is -2.14. The smallest absolute Gasteiger partial charge is 0.170 e. The molecule has 88 valence electrons. The summed E-state index contributed by atoms with van der Waals surface area (Å²) in [5.74, 6) is 0.143. The second kappa shape index (κ2) is 4.17. The maximum Gasteiger partial charge on any atom is 0.170 e. The van der Waals surface area contributed by atoms with Crippen molar-refractivity contribution in [2.45, 2.75) is 6.42 Å². The van der Waals surface area contributed by atoms with Gasteiger partial charge in [-0.2, -0.15) is 0 Å². The normalized spacial score (nSPS) is 19.9. The summed E-state index contributed by atoms with van der Waals surface area (Å²) >= 11 is 5.96.